The van der Waals surface area contributed by atoms with E-state index in [4.69, 9.17) is 9.47 Å². The zero-order valence-electron chi connectivity index (χ0n) is 21.8. The van der Waals surface area contributed by atoms with Gasteiger partial charge in [-0.05, 0) is 68.4 Å². The van der Waals surface area contributed by atoms with Crippen molar-refractivity contribution in [2.24, 2.45) is 0 Å². The standard InChI is InChI=1S/C29H34N4O4S/c1-33(17-19-38(2,34)35)16-6-7-18-36-26-14-15-27-28(20-26)30-22-31-29(27)32-24-10-12-25(13-11-24)37-21-23-8-4-3-5-9-23/h3-5,8-15,20,22H,6-7,16-19,21H2,1-2H3,(H,30,31,32). The molecule has 0 radical (unpaired) electrons. The Morgan fingerprint density at radius 3 is 2.39 bits per heavy atom. The van der Waals surface area contributed by atoms with Crippen LogP contribution in [0.15, 0.2) is 79.1 Å². The molecule has 1 aromatic heterocycles. The molecule has 0 saturated heterocycles. The highest BCUT2D eigenvalue weighted by Crippen LogP contribution is 2.27. The molecule has 4 rings (SSSR count). The molecule has 3 aromatic carbocycles. The minimum Gasteiger partial charge on any atom is -0.494 e. The van der Waals surface area contributed by atoms with Crippen LogP contribution in [0.1, 0.15) is 18.4 Å². The van der Waals surface area contributed by atoms with E-state index in [0.29, 0.717) is 19.8 Å². The van der Waals surface area contributed by atoms with E-state index >= 15 is 0 Å². The Hall–Kier alpha value is -3.69. The summed E-state index contributed by atoms with van der Waals surface area (Å²) in [6.07, 6.45) is 4.62. The van der Waals surface area contributed by atoms with Crippen molar-refractivity contribution in [1.29, 1.82) is 0 Å². The van der Waals surface area contributed by atoms with E-state index < -0.39 is 9.84 Å². The molecule has 0 saturated carbocycles. The third-order valence-electron chi connectivity index (χ3n) is 6.02. The molecule has 0 aliphatic carbocycles. The number of anilines is 2. The number of rotatable bonds is 14. The van der Waals surface area contributed by atoms with Gasteiger partial charge in [-0.2, -0.15) is 0 Å². The van der Waals surface area contributed by atoms with E-state index in [1.165, 1.54) is 12.6 Å². The summed E-state index contributed by atoms with van der Waals surface area (Å²) in [7, 11) is -0.989. The van der Waals surface area contributed by atoms with Gasteiger partial charge in [-0.1, -0.05) is 30.3 Å². The molecule has 1 N–H and O–H groups in total. The van der Waals surface area contributed by atoms with Gasteiger partial charge >= 0.3 is 0 Å². The lowest BCUT2D eigenvalue weighted by atomic mass is 10.2. The molecule has 0 atom stereocenters. The van der Waals surface area contributed by atoms with Crippen LogP contribution < -0.4 is 14.8 Å². The number of nitrogens with zero attached hydrogens (tertiary/aromatic N) is 3. The van der Waals surface area contributed by atoms with Crippen LogP contribution in [0.5, 0.6) is 11.5 Å². The van der Waals surface area contributed by atoms with Crippen LogP contribution in [0.25, 0.3) is 10.9 Å². The van der Waals surface area contributed by atoms with E-state index in [-0.39, 0.29) is 5.75 Å². The van der Waals surface area contributed by atoms with Crippen molar-refractivity contribution < 1.29 is 17.9 Å². The quantitative estimate of drug-likeness (QED) is 0.224. The number of hydrogen-bond donors (Lipinski definition) is 1. The maximum absolute atomic E-state index is 11.3. The summed E-state index contributed by atoms with van der Waals surface area (Å²) in [5.41, 5.74) is 2.82. The Balaban J connectivity index is 1.26. The molecule has 0 aliphatic rings. The Kier molecular flexibility index (Phi) is 9.51. The number of aromatic nitrogens is 2. The Bertz CT molecular complexity index is 1410. The normalized spacial score (nSPS) is 11.6. The van der Waals surface area contributed by atoms with Crippen LogP contribution in [0.3, 0.4) is 0 Å². The number of sulfone groups is 1. The van der Waals surface area contributed by atoms with Gasteiger partial charge in [0.25, 0.3) is 0 Å². The van der Waals surface area contributed by atoms with E-state index in [1.807, 2.05) is 84.7 Å². The van der Waals surface area contributed by atoms with Crippen molar-refractivity contribution in [3.8, 4) is 11.5 Å². The van der Waals surface area contributed by atoms with Gasteiger partial charge in [0, 0.05) is 29.9 Å². The highest BCUT2D eigenvalue weighted by molar-refractivity contribution is 7.90. The van der Waals surface area contributed by atoms with E-state index in [1.54, 1.807) is 0 Å². The van der Waals surface area contributed by atoms with Crippen LogP contribution in [-0.4, -0.2) is 62.0 Å². The van der Waals surface area contributed by atoms with E-state index in [2.05, 4.69) is 15.3 Å². The third kappa shape index (κ3) is 8.71. The zero-order chi connectivity index (χ0) is 26.8. The van der Waals surface area contributed by atoms with Gasteiger partial charge in [0.15, 0.2) is 0 Å². The molecule has 0 spiro atoms. The van der Waals surface area contributed by atoms with Gasteiger partial charge < -0.3 is 19.7 Å². The number of unbranched alkanes of at least 4 members (excludes halogenated alkanes) is 1. The molecule has 0 unspecified atom stereocenters. The topological polar surface area (TPSA) is 93.7 Å². The maximum Gasteiger partial charge on any atom is 0.148 e. The summed E-state index contributed by atoms with van der Waals surface area (Å²) in [4.78, 5) is 10.9. The Morgan fingerprint density at radius 1 is 0.868 bits per heavy atom. The molecule has 8 nitrogen and oxygen atoms in total. The monoisotopic (exact) mass is 534 g/mol. The minimum atomic E-state index is -2.93. The smallest absolute Gasteiger partial charge is 0.148 e. The minimum absolute atomic E-state index is 0.185. The molecule has 9 heteroatoms. The SMILES string of the molecule is CN(CCCCOc1ccc2c(Nc3ccc(OCc4ccccc4)cc3)ncnc2c1)CCS(C)(=O)=O. The van der Waals surface area contributed by atoms with Crippen LogP contribution >= 0.6 is 0 Å². The second-order valence-electron chi connectivity index (χ2n) is 9.31. The summed E-state index contributed by atoms with van der Waals surface area (Å²) in [5, 5.41) is 4.27. The Labute approximate surface area is 224 Å². The summed E-state index contributed by atoms with van der Waals surface area (Å²) in [5.74, 6) is 2.46. The first-order chi connectivity index (χ1) is 18.4. The number of benzene rings is 3. The summed E-state index contributed by atoms with van der Waals surface area (Å²) < 4.78 is 34.4. The summed E-state index contributed by atoms with van der Waals surface area (Å²) in [6.45, 7) is 2.49. The second kappa shape index (κ2) is 13.2. The highest BCUT2D eigenvalue weighted by atomic mass is 32.2. The fraction of sp³-hybridized carbons (Fsp3) is 0.310. The Morgan fingerprint density at radius 2 is 1.63 bits per heavy atom. The first-order valence-corrected chi connectivity index (χ1v) is 14.7. The molecular formula is C29H34N4O4S. The van der Waals surface area contributed by atoms with Gasteiger partial charge in [0.1, 0.15) is 40.1 Å². The van der Waals surface area contributed by atoms with Crippen molar-refractivity contribution >= 4 is 32.2 Å². The number of nitrogens with one attached hydrogen (secondary N) is 1. The van der Waals surface area contributed by atoms with Gasteiger partial charge in [-0.3, -0.25) is 0 Å². The average Bonchev–Trinajstić information content (AvgIpc) is 2.91. The first kappa shape index (κ1) is 27.3. The van der Waals surface area contributed by atoms with Crippen LogP contribution in [0, 0.1) is 0 Å². The molecule has 0 bridgehead atoms. The molecule has 0 fully saturated rings. The summed E-state index contributed by atoms with van der Waals surface area (Å²) >= 11 is 0. The number of ether oxygens (including phenoxy) is 2. The number of fused-ring (bicyclic) bond motifs is 1. The second-order valence-corrected chi connectivity index (χ2v) is 11.6. The molecule has 38 heavy (non-hydrogen) atoms. The van der Waals surface area contributed by atoms with Crippen LogP contribution in [0.4, 0.5) is 11.5 Å². The van der Waals surface area contributed by atoms with Crippen molar-refractivity contribution in [2.75, 3.05) is 44.1 Å². The van der Waals surface area contributed by atoms with Gasteiger partial charge in [-0.25, -0.2) is 18.4 Å². The highest BCUT2D eigenvalue weighted by Gasteiger charge is 2.08. The van der Waals surface area contributed by atoms with Crippen LogP contribution in [-0.2, 0) is 16.4 Å². The maximum atomic E-state index is 11.3. The van der Waals surface area contributed by atoms with Gasteiger partial charge in [0.05, 0.1) is 17.9 Å². The lowest BCUT2D eigenvalue weighted by molar-refractivity contribution is 0.284. The van der Waals surface area contributed by atoms with Crippen molar-refractivity contribution in [3.63, 3.8) is 0 Å². The fourth-order valence-corrected chi connectivity index (χ4v) is 4.49. The van der Waals surface area contributed by atoms with Gasteiger partial charge in [-0.15, -0.1) is 0 Å². The van der Waals surface area contributed by atoms with Crippen molar-refractivity contribution in [2.45, 2.75) is 19.4 Å². The summed E-state index contributed by atoms with van der Waals surface area (Å²) in [6, 6.07) is 23.7. The molecule has 1 heterocycles. The molecule has 0 aliphatic heterocycles. The lowest BCUT2D eigenvalue weighted by Gasteiger charge is -2.15. The molecule has 200 valence electrons. The van der Waals surface area contributed by atoms with Gasteiger partial charge in [0.2, 0.25) is 0 Å². The fourth-order valence-electron chi connectivity index (χ4n) is 3.85. The first-order valence-electron chi connectivity index (χ1n) is 12.6. The average molecular weight is 535 g/mol. The predicted octanol–water partition coefficient (Wildman–Crippen LogP) is 5.09. The zero-order valence-corrected chi connectivity index (χ0v) is 22.7. The van der Waals surface area contributed by atoms with Crippen LogP contribution in [0.2, 0.25) is 0 Å². The molecular weight excluding hydrogens is 500 g/mol. The lowest BCUT2D eigenvalue weighted by Crippen LogP contribution is -2.26. The molecule has 0 amide bonds. The van der Waals surface area contributed by atoms with Crippen molar-refractivity contribution in [3.05, 3.63) is 84.7 Å². The number of hydrogen-bond acceptors (Lipinski definition) is 8. The van der Waals surface area contributed by atoms with E-state index in [9.17, 15) is 8.42 Å². The third-order valence-corrected chi connectivity index (χ3v) is 6.94. The molecule has 4 aromatic rings. The van der Waals surface area contributed by atoms with E-state index in [0.717, 1.165) is 58.9 Å². The predicted molar refractivity (Wildman–Crippen MR) is 152 cm³/mol. The van der Waals surface area contributed by atoms with Crippen molar-refractivity contribution in [1.82, 2.24) is 14.9 Å². The largest absolute Gasteiger partial charge is 0.494 e.